The summed E-state index contributed by atoms with van der Waals surface area (Å²) in [6.07, 6.45) is 3.60. The number of halogens is 1. The molecule has 0 aliphatic carbocycles. The minimum Gasteiger partial charge on any atom is -0.326 e. The molecule has 6 nitrogen and oxygen atoms in total. The molecule has 0 spiro atoms. The molecule has 0 bridgehead atoms. The molecule has 0 amide bonds. The molecule has 0 radical (unpaired) electrons. The number of rotatable bonds is 6. The molecule has 1 unspecified atom stereocenters. The van der Waals surface area contributed by atoms with Gasteiger partial charge in [0.25, 0.3) is 0 Å². The SMILES string of the molecule is CNCc1cnn(-c2cc(Cl)ccc2NP(=O)(O)c2ccc(C(C)(C)C)cc2)c1. The summed E-state index contributed by atoms with van der Waals surface area (Å²) in [5.41, 5.74) is 3.13. The van der Waals surface area contributed by atoms with Crippen molar-refractivity contribution in [3.63, 3.8) is 0 Å². The van der Waals surface area contributed by atoms with Crippen molar-refractivity contribution in [3.8, 4) is 5.69 Å². The number of aromatic nitrogens is 2. The van der Waals surface area contributed by atoms with Crippen LogP contribution in [0.4, 0.5) is 5.69 Å². The molecule has 3 rings (SSSR count). The van der Waals surface area contributed by atoms with Gasteiger partial charge in [0.15, 0.2) is 0 Å². The lowest BCUT2D eigenvalue weighted by atomic mass is 9.87. The zero-order chi connectivity index (χ0) is 21.2. The molecule has 29 heavy (non-hydrogen) atoms. The van der Waals surface area contributed by atoms with E-state index in [4.69, 9.17) is 11.6 Å². The highest BCUT2D eigenvalue weighted by Gasteiger charge is 2.24. The molecular formula is C21H26ClN4O2P. The zero-order valence-corrected chi connectivity index (χ0v) is 18.6. The lowest BCUT2D eigenvalue weighted by Crippen LogP contribution is -2.16. The van der Waals surface area contributed by atoms with Gasteiger partial charge in [0.1, 0.15) is 0 Å². The highest BCUT2D eigenvalue weighted by atomic mass is 35.5. The van der Waals surface area contributed by atoms with Crippen LogP contribution in [0.15, 0.2) is 54.9 Å². The van der Waals surface area contributed by atoms with Gasteiger partial charge in [0.05, 0.1) is 22.9 Å². The molecule has 2 aromatic carbocycles. The maximum Gasteiger partial charge on any atom is 0.321 e. The third kappa shape index (κ3) is 5.09. The molecule has 0 saturated carbocycles. The number of hydrogen-bond donors (Lipinski definition) is 3. The van der Waals surface area contributed by atoms with E-state index < -0.39 is 7.52 Å². The molecule has 1 atom stereocenters. The number of anilines is 1. The van der Waals surface area contributed by atoms with E-state index in [9.17, 15) is 9.46 Å². The van der Waals surface area contributed by atoms with Crippen molar-refractivity contribution in [2.24, 2.45) is 0 Å². The molecule has 1 aromatic heterocycles. The predicted octanol–water partition coefficient (Wildman–Crippen LogP) is 4.47. The smallest absolute Gasteiger partial charge is 0.321 e. The van der Waals surface area contributed by atoms with Crippen LogP contribution in [0.5, 0.6) is 0 Å². The van der Waals surface area contributed by atoms with E-state index in [0.717, 1.165) is 11.1 Å². The lowest BCUT2D eigenvalue weighted by Gasteiger charge is -2.21. The molecule has 3 aromatic rings. The highest BCUT2D eigenvalue weighted by Crippen LogP contribution is 2.42. The minimum absolute atomic E-state index is 0.0279. The van der Waals surface area contributed by atoms with E-state index >= 15 is 0 Å². The second kappa shape index (κ2) is 8.33. The monoisotopic (exact) mass is 432 g/mol. The van der Waals surface area contributed by atoms with Crippen LogP contribution in [0.1, 0.15) is 31.9 Å². The third-order valence-corrected chi connectivity index (χ3v) is 6.36. The highest BCUT2D eigenvalue weighted by molar-refractivity contribution is 7.67. The van der Waals surface area contributed by atoms with Crippen LogP contribution in [-0.2, 0) is 16.5 Å². The van der Waals surface area contributed by atoms with E-state index in [1.54, 1.807) is 41.2 Å². The Morgan fingerprint density at radius 1 is 1.17 bits per heavy atom. The Hall–Kier alpha value is -2.11. The second-order valence-corrected chi connectivity index (χ2v) is 10.3. The second-order valence-electron chi connectivity index (χ2n) is 7.97. The van der Waals surface area contributed by atoms with Crippen LogP contribution >= 0.6 is 19.1 Å². The topological polar surface area (TPSA) is 79.2 Å². The molecule has 0 saturated heterocycles. The first-order valence-corrected chi connectivity index (χ1v) is 11.3. The van der Waals surface area contributed by atoms with E-state index in [2.05, 4.69) is 36.3 Å². The first-order chi connectivity index (χ1) is 13.6. The summed E-state index contributed by atoms with van der Waals surface area (Å²) in [4.78, 5) is 10.7. The number of benzene rings is 2. The van der Waals surface area contributed by atoms with Gasteiger partial charge < -0.3 is 15.3 Å². The van der Waals surface area contributed by atoms with Gasteiger partial charge in [-0.2, -0.15) is 5.10 Å². The molecule has 154 valence electrons. The van der Waals surface area contributed by atoms with Crippen LogP contribution in [0, 0.1) is 0 Å². The zero-order valence-electron chi connectivity index (χ0n) is 17.0. The summed E-state index contributed by atoms with van der Waals surface area (Å²) in [5, 5.41) is 11.1. The van der Waals surface area contributed by atoms with Crippen molar-refractivity contribution in [2.45, 2.75) is 32.7 Å². The van der Waals surface area contributed by atoms with Crippen molar-refractivity contribution < 1.29 is 9.46 Å². The van der Waals surface area contributed by atoms with E-state index in [0.29, 0.717) is 28.2 Å². The molecule has 0 aliphatic heterocycles. The Bertz CT molecular complexity index is 1040. The van der Waals surface area contributed by atoms with Crippen LogP contribution in [0.25, 0.3) is 5.69 Å². The van der Waals surface area contributed by atoms with E-state index in [-0.39, 0.29) is 5.41 Å². The minimum atomic E-state index is -3.85. The quantitative estimate of drug-likeness (QED) is 0.501. The molecule has 0 fully saturated rings. The van der Waals surface area contributed by atoms with Crippen LogP contribution < -0.4 is 15.7 Å². The van der Waals surface area contributed by atoms with Crippen LogP contribution in [0.2, 0.25) is 5.02 Å². The van der Waals surface area contributed by atoms with Crippen molar-refractivity contribution in [1.82, 2.24) is 15.1 Å². The normalized spacial score (nSPS) is 13.9. The summed E-state index contributed by atoms with van der Waals surface area (Å²) in [7, 11) is -2.00. The predicted molar refractivity (Wildman–Crippen MR) is 120 cm³/mol. The Morgan fingerprint density at radius 2 is 1.86 bits per heavy atom. The maximum atomic E-state index is 13.1. The van der Waals surface area contributed by atoms with Gasteiger partial charge in [-0.05, 0) is 48.4 Å². The van der Waals surface area contributed by atoms with Gasteiger partial charge >= 0.3 is 7.52 Å². The molecule has 0 aliphatic rings. The summed E-state index contributed by atoms with van der Waals surface area (Å²) < 4.78 is 14.7. The van der Waals surface area contributed by atoms with Crippen LogP contribution in [0.3, 0.4) is 0 Å². The van der Waals surface area contributed by atoms with Crippen molar-refractivity contribution in [2.75, 3.05) is 12.1 Å². The van der Waals surface area contributed by atoms with Crippen molar-refractivity contribution in [1.29, 1.82) is 0 Å². The summed E-state index contributed by atoms with van der Waals surface area (Å²) in [6.45, 7) is 6.98. The summed E-state index contributed by atoms with van der Waals surface area (Å²) in [6, 6.07) is 12.2. The van der Waals surface area contributed by atoms with Gasteiger partial charge in [-0.15, -0.1) is 0 Å². The van der Waals surface area contributed by atoms with Gasteiger partial charge in [-0.25, -0.2) is 4.68 Å². The molecular weight excluding hydrogens is 407 g/mol. The largest absolute Gasteiger partial charge is 0.326 e. The fraction of sp³-hybridized carbons (Fsp3) is 0.286. The Kier molecular flexibility index (Phi) is 6.20. The van der Waals surface area contributed by atoms with E-state index in [1.807, 2.05) is 25.4 Å². The summed E-state index contributed by atoms with van der Waals surface area (Å²) >= 11 is 6.17. The molecule has 1 heterocycles. The molecule has 8 heteroatoms. The number of hydrogen-bond acceptors (Lipinski definition) is 3. The number of nitrogens with zero attached hydrogens (tertiary/aromatic N) is 2. The average Bonchev–Trinajstić information content (AvgIpc) is 3.11. The van der Waals surface area contributed by atoms with Gasteiger partial charge in [0, 0.05) is 23.3 Å². The molecule has 3 N–H and O–H groups in total. The summed E-state index contributed by atoms with van der Waals surface area (Å²) in [5.74, 6) is 0. The Morgan fingerprint density at radius 3 is 2.48 bits per heavy atom. The average molecular weight is 433 g/mol. The van der Waals surface area contributed by atoms with E-state index in [1.165, 1.54) is 0 Å². The standard InChI is InChI=1S/C21H26ClN4O2P/c1-21(2,3)16-5-8-18(9-6-16)29(27,28)25-19-10-7-17(22)11-20(19)26-14-15(12-23-4)13-24-26/h5-11,13-14,23H,12H2,1-4H3,(H2,25,27,28). The van der Waals surface area contributed by atoms with Gasteiger partial charge in [-0.1, -0.05) is 44.5 Å². The number of nitrogens with one attached hydrogen (secondary N) is 2. The van der Waals surface area contributed by atoms with Crippen LogP contribution in [-0.4, -0.2) is 21.7 Å². The third-order valence-electron chi connectivity index (χ3n) is 4.58. The lowest BCUT2D eigenvalue weighted by molar-refractivity contribution is 0.495. The van der Waals surface area contributed by atoms with Crippen molar-refractivity contribution in [3.05, 3.63) is 71.0 Å². The van der Waals surface area contributed by atoms with Crippen molar-refractivity contribution >= 4 is 30.1 Å². The maximum absolute atomic E-state index is 13.1. The fourth-order valence-electron chi connectivity index (χ4n) is 2.97. The Labute approximate surface area is 176 Å². The first-order valence-electron chi connectivity index (χ1n) is 9.30. The first kappa shape index (κ1) is 21.6. The fourth-order valence-corrected chi connectivity index (χ4v) is 4.33. The Balaban J connectivity index is 1.93. The van der Waals surface area contributed by atoms with Gasteiger partial charge in [0.2, 0.25) is 0 Å². The van der Waals surface area contributed by atoms with Gasteiger partial charge in [-0.3, -0.25) is 4.57 Å².